The Bertz CT molecular complexity index is 684. The molecule has 22 heavy (non-hydrogen) atoms. The van der Waals surface area contributed by atoms with Gasteiger partial charge < -0.3 is 19.7 Å². The Hall–Kier alpha value is -2.12. The molecular formula is C15H16N2O4S. The van der Waals surface area contributed by atoms with Crippen molar-refractivity contribution in [3.8, 4) is 5.69 Å². The molecule has 2 aromatic heterocycles. The van der Waals surface area contributed by atoms with Crippen molar-refractivity contribution >= 4 is 23.2 Å². The van der Waals surface area contributed by atoms with E-state index in [1.807, 2.05) is 40.5 Å². The molecule has 1 aliphatic rings. The molecule has 1 aliphatic heterocycles. The average molecular weight is 320 g/mol. The average Bonchev–Trinajstić information content (AvgIpc) is 3.18. The smallest absolute Gasteiger partial charge is 0.335 e. The number of carboxylic acids is 1. The number of carbonyl (C=O) groups excluding carboxylic acids is 1. The molecule has 0 saturated carbocycles. The number of aliphatic carboxylic acids is 1. The van der Waals surface area contributed by atoms with Crippen LogP contribution in [-0.2, 0) is 4.79 Å². The van der Waals surface area contributed by atoms with Gasteiger partial charge in [0.2, 0.25) is 0 Å². The Morgan fingerprint density at radius 1 is 1.18 bits per heavy atom. The van der Waals surface area contributed by atoms with Crippen molar-refractivity contribution in [2.75, 3.05) is 13.1 Å². The van der Waals surface area contributed by atoms with Crippen LogP contribution in [-0.4, -0.2) is 50.2 Å². The molecule has 6 nitrogen and oxygen atoms in total. The molecule has 3 heterocycles. The zero-order valence-corrected chi connectivity index (χ0v) is 12.6. The zero-order valence-electron chi connectivity index (χ0n) is 11.8. The van der Waals surface area contributed by atoms with Gasteiger partial charge in [0, 0.05) is 38.3 Å². The van der Waals surface area contributed by atoms with E-state index in [0.717, 1.165) is 5.69 Å². The van der Waals surface area contributed by atoms with Gasteiger partial charge in [0.25, 0.3) is 5.91 Å². The highest BCUT2D eigenvalue weighted by Gasteiger charge is 2.40. The van der Waals surface area contributed by atoms with E-state index in [-0.39, 0.29) is 31.8 Å². The lowest BCUT2D eigenvalue weighted by Crippen LogP contribution is -2.50. The summed E-state index contributed by atoms with van der Waals surface area (Å²) in [5, 5.41) is 20.8. The van der Waals surface area contributed by atoms with Crippen LogP contribution in [0.15, 0.2) is 36.0 Å². The first-order valence-electron chi connectivity index (χ1n) is 6.97. The minimum atomic E-state index is -1.71. The van der Waals surface area contributed by atoms with Gasteiger partial charge in [-0.2, -0.15) is 0 Å². The Balaban J connectivity index is 1.77. The Morgan fingerprint density at radius 2 is 1.82 bits per heavy atom. The van der Waals surface area contributed by atoms with Gasteiger partial charge in [0.1, 0.15) is 4.88 Å². The van der Waals surface area contributed by atoms with E-state index in [1.54, 1.807) is 4.90 Å². The van der Waals surface area contributed by atoms with Crippen molar-refractivity contribution in [2.45, 2.75) is 18.4 Å². The first kappa shape index (κ1) is 14.8. The number of aromatic nitrogens is 1. The third-order valence-corrected chi connectivity index (χ3v) is 4.89. The molecule has 1 fully saturated rings. The van der Waals surface area contributed by atoms with E-state index in [0.29, 0.717) is 4.88 Å². The first-order chi connectivity index (χ1) is 10.5. The number of amides is 1. The summed E-state index contributed by atoms with van der Waals surface area (Å²) in [5.74, 6) is -1.34. The largest absolute Gasteiger partial charge is 0.479 e. The third kappa shape index (κ3) is 2.53. The molecule has 2 N–H and O–H groups in total. The highest BCUT2D eigenvalue weighted by atomic mass is 32.1. The summed E-state index contributed by atoms with van der Waals surface area (Å²) in [6, 6.07) is 5.66. The second-order valence-electron chi connectivity index (χ2n) is 5.35. The molecule has 3 rings (SSSR count). The fourth-order valence-electron chi connectivity index (χ4n) is 2.60. The van der Waals surface area contributed by atoms with Crippen LogP contribution in [0.1, 0.15) is 22.5 Å². The van der Waals surface area contributed by atoms with Gasteiger partial charge in [0.05, 0.1) is 5.69 Å². The molecule has 0 spiro atoms. The van der Waals surface area contributed by atoms with Crippen molar-refractivity contribution in [1.82, 2.24) is 9.47 Å². The maximum Gasteiger partial charge on any atom is 0.335 e. The Labute approximate surface area is 131 Å². The van der Waals surface area contributed by atoms with Gasteiger partial charge in [-0.15, -0.1) is 11.3 Å². The summed E-state index contributed by atoms with van der Waals surface area (Å²) >= 11 is 1.36. The molecule has 0 radical (unpaired) electrons. The molecule has 2 aromatic rings. The highest BCUT2D eigenvalue weighted by Crippen LogP contribution is 2.27. The van der Waals surface area contributed by atoms with Crippen LogP contribution in [0.3, 0.4) is 0 Å². The lowest BCUT2D eigenvalue weighted by molar-refractivity contribution is -0.162. The van der Waals surface area contributed by atoms with E-state index >= 15 is 0 Å². The lowest BCUT2D eigenvalue weighted by atomic mass is 9.91. The molecule has 1 saturated heterocycles. The molecular weight excluding hydrogens is 304 g/mol. The number of nitrogens with zero attached hydrogens (tertiary/aromatic N) is 2. The van der Waals surface area contributed by atoms with Gasteiger partial charge in [0.15, 0.2) is 5.60 Å². The maximum atomic E-state index is 12.7. The molecule has 0 aromatic carbocycles. The number of carbonyl (C=O) groups is 2. The van der Waals surface area contributed by atoms with Crippen LogP contribution in [0, 0.1) is 0 Å². The molecule has 7 heteroatoms. The number of carboxylic acid groups (broad SMARTS) is 1. The molecule has 0 atom stereocenters. The highest BCUT2D eigenvalue weighted by molar-refractivity contribution is 7.12. The monoisotopic (exact) mass is 320 g/mol. The number of aliphatic hydroxyl groups is 1. The summed E-state index contributed by atoms with van der Waals surface area (Å²) in [5.41, 5.74) is -0.894. The van der Waals surface area contributed by atoms with Crippen LogP contribution >= 0.6 is 11.3 Å². The molecule has 1 amide bonds. The molecule has 0 aliphatic carbocycles. The van der Waals surface area contributed by atoms with E-state index < -0.39 is 11.6 Å². The topological polar surface area (TPSA) is 82.8 Å². The Kier molecular flexibility index (Phi) is 3.76. The summed E-state index contributed by atoms with van der Waals surface area (Å²) in [6.07, 6.45) is 3.85. The predicted molar refractivity (Wildman–Crippen MR) is 81.4 cm³/mol. The standard InChI is InChI=1S/C15H16N2O4S/c18-13(17-8-4-15(21,5-9-17)14(19)20)12-11(3-10-22-12)16-6-1-2-7-16/h1-3,6-7,10,21H,4-5,8-9H2,(H,19,20). The van der Waals surface area contributed by atoms with Crippen LogP contribution < -0.4 is 0 Å². The van der Waals surface area contributed by atoms with E-state index in [4.69, 9.17) is 5.11 Å². The van der Waals surface area contributed by atoms with Crippen molar-refractivity contribution in [3.05, 3.63) is 40.8 Å². The first-order valence-corrected chi connectivity index (χ1v) is 7.85. The van der Waals surface area contributed by atoms with E-state index in [1.165, 1.54) is 11.3 Å². The normalized spacial score (nSPS) is 17.4. The van der Waals surface area contributed by atoms with Crippen LogP contribution in [0.25, 0.3) is 5.69 Å². The predicted octanol–water partition coefficient (Wildman–Crippen LogP) is 1.59. The van der Waals surface area contributed by atoms with Crippen molar-refractivity contribution in [2.24, 2.45) is 0 Å². The van der Waals surface area contributed by atoms with Crippen molar-refractivity contribution in [1.29, 1.82) is 0 Å². The second kappa shape index (κ2) is 5.58. The van der Waals surface area contributed by atoms with E-state index in [9.17, 15) is 14.7 Å². The molecule has 116 valence electrons. The third-order valence-electron chi connectivity index (χ3n) is 4.00. The van der Waals surface area contributed by atoms with Crippen LogP contribution in [0.2, 0.25) is 0 Å². The minimum absolute atomic E-state index is 0.0539. The number of hydrogen-bond acceptors (Lipinski definition) is 4. The fourth-order valence-corrected chi connectivity index (χ4v) is 3.46. The van der Waals surface area contributed by atoms with Crippen LogP contribution in [0.5, 0.6) is 0 Å². The SMILES string of the molecule is O=C(c1sccc1-n1cccc1)N1CCC(O)(C(=O)O)CC1. The number of hydrogen-bond donors (Lipinski definition) is 2. The van der Waals surface area contributed by atoms with Crippen molar-refractivity contribution in [3.63, 3.8) is 0 Å². The molecule has 0 bridgehead atoms. The summed E-state index contributed by atoms with van der Waals surface area (Å²) in [6.45, 7) is 0.481. The van der Waals surface area contributed by atoms with Gasteiger partial charge >= 0.3 is 5.97 Å². The minimum Gasteiger partial charge on any atom is -0.479 e. The van der Waals surface area contributed by atoms with E-state index in [2.05, 4.69) is 0 Å². The number of rotatable bonds is 3. The summed E-state index contributed by atoms with van der Waals surface area (Å²) in [4.78, 5) is 25.9. The zero-order chi connectivity index (χ0) is 15.7. The number of piperidine rings is 1. The van der Waals surface area contributed by atoms with Crippen molar-refractivity contribution < 1.29 is 19.8 Å². The number of likely N-dealkylation sites (tertiary alicyclic amines) is 1. The summed E-state index contributed by atoms with van der Waals surface area (Å²) < 4.78 is 1.88. The lowest BCUT2D eigenvalue weighted by Gasteiger charge is -2.35. The fraction of sp³-hybridized carbons (Fsp3) is 0.333. The van der Waals surface area contributed by atoms with Gasteiger partial charge in [-0.05, 0) is 23.6 Å². The summed E-state index contributed by atoms with van der Waals surface area (Å²) in [7, 11) is 0. The molecule has 0 unspecified atom stereocenters. The second-order valence-corrected chi connectivity index (χ2v) is 6.27. The Morgan fingerprint density at radius 3 is 2.41 bits per heavy atom. The number of thiophene rings is 1. The van der Waals surface area contributed by atoms with Gasteiger partial charge in [-0.25, -0.2) is 4.79 Å². The van der Waals surface area contributed by atoms with Gasteiger partial charge in [-0.1, -0.05) is 0 Å². The van der Waals surface area contributed by atoms with Crippen LogP contribution in [0.4, 0.5) is 0 Å². The quantitative estimate of drug-likeness (QED) is 0.900. The van der Waals surface area contributed by atoms with Gasteiger partial charge in [-0.3, -0.25) is 4.79 Å². The maximum absolute atomic E-state index is 12.7.